The van der Waals surface area contributed by atoms with Crippen molar-refractivity contribution in [3.05, 3.63) is 54.6 Å². The van der Waals surface area contributed by atoms with Gasteiger partial charge in [-0.3, -0.25) is 0 Å². The third-order valence-electron chi connectivity index (χ3n) is 2.20. The van der Waals surface area contributed by atoms with Crippen LogP contribution in [0.3, 0.4) is 0 Å². The molecule has 1 N–H and O–H groups in total. The van der Waals surface area contributed by atoms with Crippen LogP contribution in [0.1, 0.15) is 0 Å². The van der Waals surface area contributed by atoms with Gasteiger partial charge in [0.15, 0.2) is 0 Å². The van der Waals surface area contributed by atoms with Gasteiger partial charge < -0.3 is 4.74 Å². The highest BCUT2D eigenvalue weighted by Gasteiger charge is 2.30. The summed E-state index contributed by atoms with van der Waals surface area (Å²) in [5.41, 5.74) is 1.80. The fourth-order valence-corrected chi connectivity index (χ4v) is 1.48. The molecule has 0 aromatic heterocycles. The maximum Gasteiger partial charge on any atom is 0.573 e. The molecule has 0 saturated carbocycles. The minimum absolute atomic E-state index is 0.211. The Bertz CT molecular complexity index is 661. The van der Waals surface area contributed by atoms with E-state index in [1.54, 1.807) is 12.1 Å². The van der Waals surface area contributed by atoms with Crippen molar-refractivity contribution in [1.29, 1.82) is 4.78 Å². The normalized spacial score (nSPS) is 10.2. The molecule has 4 nitrogen and oxygen atoms in total. The van der Waals surface area contributed by atoms with E-state index in [-0.39, 0.29) is 5.75 Å². The van der Waals surface area contributed by atoms with Crippen molar-refractivity contribution in [2.24, 2.45) is 0 Å². The molecule has 0 aliphatic rings. The summed E-state index contributed by atoms with van der Waals surface area (Å²) in [5, 5.41) is 0. The lowest BCUT2D eigenvalue weighted by Gasteiger charge is -2.09. The SMILES string of the molecule is FC(F)(F)Oc1ccc(-c2ccccc2)cc1.N=S(=O)=O. The van der Waals surface area contributed by atoms with Crippen molar-refractivity contribution in [2.45, 2.75) is 6.36 Å². The van der Waals surface area contributed by atoms with E-state index < -0.39 is 16.9 Å². The molecule has 2 aromatic carbocycles. The number of hydrogen-bond donors (Lipinski definition) is 1. The summed E-state index contributed by atoms with van der Waals surface area (Å²) in [6.07, 6.45) is -4.64. The smallest absolute Gasteiger partial charge is 0.406 e. The van der Waals surface area contributed by atoms with Crippen LogP contribution in [0, 0.1) is 4.78 Å². The molecule has 0 heterocycles. The van der Waals surface area contributed by atoms with Crippen LogP contribution in [0.2, 0.25) is 0 Å². The molecule has 8 heteroatoms. The molecule has 112 valence electrons. The minimum atomic E-state index is -4.64. The van der Waals surface area contributed by atoms with E-state index >= 15 is 0 Å². The minimum Gasteiger partial charge on any atom is -0.406 e. The second-order valence-electron chi connectivity index (χ2n) is 3.67. The topological polar surface area (TPSA) is 67.2 Å². The molecule has 0 atom stereocenters. The summed E-state index contributed by atoms with van der Waals surface area (Å²) in [7, 11) is -2.61. The molecule has 0 spiro atoms. The molecule has 0 aliphatic heterocycles. The second kappa shape index (κ2) is 7.44. The lowest BCUT2D eigenvalue weighted by Crippen LogP contribution is -2.16. The molecule has 0 saturated heterocycles. The maximum atomic E-state index is 11.9. The molecule has 0 unspecified atom stereocenters. The number of benzene rings is 2. The van der Waals surface area contributed by atoms with Crippen LogP contribution >= 0.6 is 0 Å². The number of alkyl halides is 3. The van der Waals surface area contributed by atoms with Crippen LogP contribution in [0.5, 0.6) is 5.75 Å². The van der Waals surface area contributed by atoms with Gasteiger partial charge in [-0.05, 0) is 23.3 Å². The standard InChI is InChI=1S/C13H9F3O.HNO2S/c14-13(15,16)17-12-8-6-11(7-9-12)10-4-2-1-3-5-10;1-4(2)3/h1-9H;1H. The van der Waals surface area contributed by atoms with Crippen molar-refractivity contribution in [1.82, 2.24) is 0 Å². The Balaban J connectivity index is 0.000000491. The van der Waals surface area contributed by atoms with Crippen molar-refractivity contribution in [2.75, 3.05) is 0 Å². The first-order valence-electron chi connectivity index (χ1n) is 5.49. The summed E-state index contributed by atoms with van der Waals surface area (Å²) < 4.78 is 62.5. The maximum absolute atomic E-state index is 11.9. The van der Waals surface area contributed by atoms with E-state index in [9.17, 15) is 13.2 Å². The first-order chi connectivity index (χ1) is 9.78. The average Bonchev–Trinajstić information content (AvgIpc) is 2.38. The van der Waals surface area contributed by atoms with Gasteiger partial charge in [0.1, 0.15) is 5.75 Å². The molecule has 21 heavy (non-hydrogen) atoms. The zero-order valence-corrected chi connectivity index (χ0v) is 11.3. The van der Waals surface area contributed by atoms with Gasteiger partial charge in [-0.1, -0.05) is 42.5 Å². The van der Waals surface area contributed by atoms with Gasteiger partial charge in [-0.15, -0.1) is 13.2 Å². The Morgan fingerprint density at radius 2 is 1.29 bits per heavy atom. The van der Waals surface area contributed by atoms with Crippen LogP contribution in [-0.2, 0) is 10.5 Å². The van der Waals surface area contributed by atoms with Crippen LogP contribution < -0.4 is 4.74 Å². The molecular weight excluding hydrogens is 307 g/mol. The number of halogens is 3. The fourth-order valence-electron chi connectivity index (χ4n) is 1.48. The highest BCUT2D eigenvalue weighted by molar-refractivity contribution is 7.60. The average molecular weight is 317 g/mol. The quantitative estimate of drug-likeness (QED) is 0.914. The Labute approximate surface area is 120 Å². The highest BCUT2D eigenvalue weighted by Crippen LogP contribution is 2.26. The third kappa shape index (κ3) is 7.11. The molecule has 0 bridgehead atoms. The second-order valence-corrected chi connectivity index (χ2v) is 4.14. The van der Waals surface area contributed by atoms with E-state index in [1.807, 2.05) is 30.3 Å². The summed E-state index contributed by atoms with van der Waals surface area (Å²) >= 11 is 0. The summed E-state index contributed by atoms with van der Waals surface area (Å²) in [4.78, 5) is 0. The lowest BCUT2D eigenvalue weighted by molar-refractivity contribution is -0.274. The van der Waals surface area contributed by atoms with Gasteiger partial charge in [-0.2, -0.15) is 13.2 Å². The van der Waals surface area contributed by atoms with Crippen LogP contribution in [0.25, 0.3) is 11.1 Å². The van der Waals surface area contributed by atoms with E-state index in [2.05, 4.69) is 4.74 Å². The summed E-state index contributed by atoms with van der Waals surface area (Å²) in [6.45, 7) is 0. The molecule has 0 radical (unpaired) electrons. The van der Waals surface area contributed by atoms with Crippen molar-refractivity contribution in [3.63, 3.8) is 0 Å². The predicted molar refractivity (Wildman–Crippen MR) is 70.2 cm³/mol. The Kier molecular flexibility index (Phi) is 5.92. The van der Waals surface area contributed by atoms with Crippen LogP contribution in [-0.4, -0.2) is 14.8 Å². The van der Waals surface area contributed by atoms with E-state index in [4.69, 9.17) is 13.2 Å². The zero-order chi connectivity index (χ0) is 15.9. The molecule has 0 fully saturated rings. The van der Waals surface area contributed by atoms with Crippen molar-refractivity contribution in [3.8, 4) is 16.9 Å². The predicted octanol–water partition coefficient (Wildman–Crippen LogP) is 3.88. The van der Waals surface area contributed by atoms with E-state index in [0.29, 0.717) is 0 Å². The van der Waals surface area contributed by atoms with Gasteiger partial charge in [0.2, 0.25) is 0 Å². The van der Waals surface area contributed by atoms with Crippen LogP contribution in [0.4, 0.5) is 13.2 Å². The Hall–Kier alpha value is -2.35. The highest BCUT2D eigenvalue weighted by atomic mass is 32.2. The Morgan fingerprint density at radius 1 is 0.857 bits per heavy atom. The van der Waals surface area contributed by atoms with Crippen molar-refractivity contribution >= 4 is 10.5 Å². The first kappa shape index (κ1) is 16.7. The molecule has 2 rings (SSSR count). The van der Waals surface area contributed by atoms with Crippen LogP contribution in [0.15, 0.2) is 54.6 Å². The zero-order valence-electron chi connectivity index (χ0n) is 10.5. The fraction of sp³-hybridized carbons (Fsp3) is 0.0769. The number of rotatable bonds is 2. The third-order valence-corrected chi connectivity index (χ3v) is 2.20. The number of ether oxygens (including phenoxy) is 1. The molecule has 0 aliphatic carbocycles. The molecule has 2 aromatic rings. The number of nitrogens with one attached hydrogen (secondary N) is 1. The van der Waals surface area contributed by atoms with Gasteiger partial charge >= 0.3 is 16.9 Å². The summed E-state index contributed by atoms with van der Waals surface area (Å²) in [6, 6.07) is 15.2. The number of hydrogen-bond acceptors (Lipinski definition) is 4. The van der Waals surface area contributed by atoms with E-state index in [0.717, 1.165) is 11.1 Å². The van der Waals surface area contributed by atoms with Crippen molar-refractivity contribution < 1.29 is 26.3 Å². The largest absolute Gasteiger partial charge is 0.573 e. The van der Waals surface area contributed by atoms with E-state index in [1.165, 1.54) is 12.1 Å². The Morgan fingerprint density at radius 3 is 1.71 bits per heavy atom. The first-order valence-corrected chi connectivity index (χ1v) is 6.57. The van der Waals surface area contributed by atoms with Gasteiger partial charge in [-0.25, -0.2) is 0 Å². The molecular formula is C13H10F3NO3S. The van der Waals surface area contributed by atoms with Gasteiger partial charge in [0.25, 0.3) is 0 Å². The van der Waals surface area contributed by atoms with Gasteiger partial charge in [0, 0.05) is 0 Å². The summed E-state index contributed by atoms with van der Waals surface area (Å²) in [5.74, 6) is -0.211. The lowest BCUT2D eigenvalue weighted by atomic mass is 10.1. The monoisotopic (exact) mass is 317 g/mol. The molecule has 0 amide bonds. The van der Waals surface area contributed by atoms with Gasteiger partial charge in [0.05, 0.1) is 0 Å².